The highest BCUT2D eigenvalue weighted by molar-refractivity contribution is 7.09. The van der Waals surface area contributed by atoms with Crippen molar-refractivity contribution in [3.8, 4) is 0 Å². The fourth-order valence-corrected chi connectivity index (χ4v) is 2.48. The van der Waals surface area contributed by atoms with Crippen LogP contribution in [0.25, 0.3) is 0 Å². The zero-order valence-electron chi connectivity index (χ0n) is 7.45. The first-order valence-corrected chi connectivity index (χ1v) is 5.29. The second-order valence-corrected chi connectivity index (χ2v) is 3.94. The number of thiazole rings is 1. The third kappa shape index (κ3) is 1.46. The van der Waals surface area contributed by atoms with Gasteiger partial charge in [-0.3, -0.25) is 4.79 Å². The molecule has 0 amide bonds. The number of aryl methyl sites for hydroxylation is 1. The summed E-state index contributed by atoms with van der Waals surface area (Å²) in [6, 6.07) is 0. The zero-order chi connectivity index (χ0) is 9.26. The number of ether oxygens (including phenoxy) is 1. The molecule has 0 bridgehead atoms. The largest absolute Gasteiger partial charge is 0.465 e. The Labute approximate surface area is 80.8 Å². The molecule has 0 aromatic carbocycles. The summed E-state index contributed by atoms with van der Waals surface area (Å²) in [5.74, 6) is -0.214. The van der Waals surface area contributed by atoms with Gasteiger partial charge in [0.2, 0.25) is 0 Å². The number of rotatable bonds is 2. The van der Waals surface area contributed by atoms with Gasteiger partial charge in [0.15, 0.2) is 0 Å². The van der Waals surface area contributed by atoms with Gasteiger partial charge in [0.05, 0.1) is 17.8 Å². The molecule has 1 aliphatic carbocycles. The molecular weight excluding hydrogens is 186 g/mol. The van der Waals surface area contributed by atoms with E-state index in [4.69, 9.17) is 4.74 Å². The fourth-order valence-electron chi connectivity index (χ4n) is 1.63. The van der Waals surface area contributed by atoms with Crippen molar-refractivity contribution in [1.29, 1.82) is 0 Å². The molecule has 1 heterocycles. The minimum absolute atomic E-state index is 0.0961. The highest BCUT2D eigenvalue weighted by Gasteiger charge is 2.31. The van der Waals surface area contributed by atoms with Gasteiger partial charge in [0.25, 0.3) is 0 Å². The third-order valence-corrected chi connectivity index (χ3v) is 3.14. The molecule has 1 aromatic heterocycles. The van der Waals surface area contributed by atoms with E-state index in [0.29, 0.717) is 6.61 Å². The third-order valence-electron chi connectivity index (χ3n) is 2.23. The SMILES string of the molecule is CCOC(=O)C1CCc2scnc21. The molecule has 0 radical (unpaired) electrons. The lowest BCUT2D eigenvalue weighted by atomic mass is 10.1. The number of fused-ring (bicyclic) bond motifs is 1. The summed E-state index contributed by atoms with van der Waals surface area (Å²) in [7, 11) is 0. The average Bonchev–Trinajstić information content (AvgIpc) is 2.62. The Morgan fingerprint density at radius 3 is 3.46 bits per heavy atom. The molecule has 1 aromatic rings. The molecule has 0 spiro atoms. The summed E-state index contributed by atoms with van der Waals surface area (Å²) in [6.45, 7) is 2.28. The topological polar surface area (TPSA) is 39.2 Å². The molecule has 13 heavy (non-hydrogen) atoms. The van der Waals surface area contributed by atoms with Gasteiger partial charge in [-0.1, -0.05) is 0 Å². The minimum Gasteiger partial charge on any atom is -0.465 e. The number of hydrogen-bond donors (Lipinski definition) is 0. The summed E-state index contributed by atoms with van der Waals surface area (Å²) in [6.07, 6.45) is 1.84. The van der Waals surface area contributed by atoms with E-state index in [1.165, 1.54) is 4.88 Å². The Hall–Kier alpha value is -0.900. The van der Waals surface area contributed by atoms with E-state index in [-0.39, 0.29) is 11.9 Å². The first-order valence-electron chi connectivity index (χ1n) is 4.41. The van der Waals surface area contributed by atoms with Crippen molar-refractivity contribution in [1.82, 2.24) is 4.98 Å². The van der Waals surface area contributed by atoms with E-state index in [2.05, 4.69) is 4.98 Å². The zero-order valence-corrected chi connectivity index (χ0v) is 8.26. The van der Waals surface area contributed by atoms with Gasteiger partial charge in [-0.05, 0) is 19.8 Å². The predicted octanol–water partition coefficient (Wildman–Crippen LogP) is 1.74. The summed E-state index contributed by atoms with van der Waals surface area (Å²) < 4.78 is 4.98. The van der Waals surface area contributed by atoms with E-state index >= 15 is 0 Å². The minimum atomic E-state index is -0.118. The van der Waals surface area contributed by atoms with Crippen LogP contribution in [-0.2, 0) is 16.0 Å². The van der Waals surface area contributed by atoms with Crippen LogP contribution in [0.5, 0.6) is 0 Å². The molecule has 1 aliphatic rings. The molecule has 3 nitrogen and oxygen atoms in total. The first kappa shape index (κ1) is 8.69. The van der Waals surface area contributed by atoms with Gasteiger partial charge >= 0.3 is 5.97 Å². The second kappa shape index (κ2) is 3.46. The molecule has 0 aliphatic heterocycles. The van der Waals surface area contributed by atoms with Crippen LogP contribution in [0, 0.1) is 0 Å². The standard InChI is InChI=1S/C9H11NO2S/c1-2-12-9(11)6-3-4-7-8(6)10-5-13-7/h5-6H,2-4H2,1H3. The van der Waals surface area contributed by atoms with Crippen molar-refractivity contribution >= 4 is 17.3 Å². The lowest BCUT2D eigenvalue weighted by molar-refractivity contribution is -0.145. The van der Waals surface area contributed by atoms with Crippen molar-refractivity contribution in [2.45, 2.75) is 25.7 Å². The van der Waals surface area contributed by atoms with E-state index < -0.39 is 0 Å². The number of carbonyl (C=O) groups excluding carboxylic acids is 1. The Morgan fingerprint density at radius 1 is 1.85 bits per heavy atom. The van der Waals surface area contributed by atoms with Crippen LogP contribution in [0.3, 0.4) is 0 Å². The lowest BCUT2D eigenvalue weighted by Crippen LogP contribution is -2.13. The molecule has 0 fully saturated rings. The summed E-state index contributed by atoms with van der Waals surface area (Å²) in [4.78, 5) is 16.9. The summed E-state index contributed by atoms with van der Waals surface area (Å²) in [5.41, 5.74) is 2.75. The van der Waals surface area contributed by atoms with Crippen molar-refractivity contribution < 1.29 is 9.53 Å². The molecule has 2 rings (SSSR count). The van der Waals surface area contributed by atoms with Crippen LogP contribution in [0.15, 0.2) is 5.51 Å². The molecular formula is C9H11NO2S. The van der Waals surface area contributed by atoms with Gasteiger partial charge < -0.3 is 4.74 Å². The maximum absolute atomic E-state index is 11.4. The Kier molecular flexibility index (Phi) is 2.31. The van der Waals surface area contributed by atoms with E-state index in [1.54, 1.807) is 16.8 Å². The second-order valence-electron chi connectivity index (χ2n) is 3.00. The van der Waals surface area contributed by atoms with E-state index in [9.17, 15) is 4.79 Å². The van der Waals surface area contributed by atoms with Crippen LogP contribution >= 0.6 is 11.3 Å². The molecule has 0 saturated heterocycles. The molecule has 0 N–H and O–H groups in total. The Balaban J connectivity index is 2.16. The van der Waals surface area contributed by atoms with Crippen molar-refractivity contribution in [3.63, 3.8) is 0 Å². The van der Waals surface area contributed by atoms with Crippen LogP contribution in [0.4, 0.5) is 0 Å². The summed E-state index contributed by atoms with van der Waals surface area (Å²) in [5, 5.41) is 0. The molecule has 4 heteroatoms. The van der Waals surface area contributed by atoms with Gasteiger partial charge in [0, 0.05) is 4.88 Å². The van der Waals surface area contributed by atoms with Crippen LogP contribution in [-0.4, -0.2) is 17.6 Å². The number of esters is 1. The first-order chi connectivity index (χ1) is 6.33. The molecule has 1 atom stereocenters. The fraction of sp³-hybridized carbons (Fsp3) is 0.556. The smallest absolute Gasteiger partial charge is 0.315 e. The maximum atomic E-state index is 11.4. The monoisotopic (exact) mass is 197 g/mol. The highest BCUT2D eigenvalue weighted by Crippen LogP contribution is 2.35. The Bertz CT molecular complexity index is 321. The van der Waals surface area contributed by atoms with E-state index in [1.807, 2.05) is 6.92 Å². The van der Waals surface area contributed by atoms with Crippen molar-refractivity contribution in [3.05, 3.63) is 16.1 Å². The predicted molar refractivity (Wildman–Crippen MR) is 49.8 cm³/mol. The highest BCUT2D eigenvalue weighted by atomic mass is 32.1. The van der Waals surface area contributed by atoms with E-state index in [0.717, 1.165) is 18.5 Å². The van der Waals surface area contributed by atoms with Crippen molar-refractivity contribution in [2.75, 3.05) is 6.61 Å². The normalized spacial score (nSPS) is 19.9. The maximum Gasteiger partial charge on any atom is 0.315 e. The number of carbonyl (C=O) groups is 1. The number of nitrogens with zero attached hydrogens (tertiary/aromatic N) is 1. The van der Waals surface area contributed by atoms with Crippen LogP contribution in [0.2, 0.25) is 0 Å². The Morgan fingerprint density at radius 2 is 2.69 bits per heavy atom. The quantitative estimate of drug-likeness (QED) is 0.678. The van der Waals surface area contributed by atoms with Gasteiger partial charge in [-0.2, -0.15) is 0 Å². The number of aromatic nitrogens is 1. The molecule has 70 valence electrons. The van der Waals surface area contributed by atoms with Crippen molar-refractivity contribution in [2.24, 2.45) is 0 Å². The van der Waals surface area contributed by atoms with Crippen LogP contribution < -0.4 is 0 Å². The molecule has 1 unspecified atom stereocenters. The molecule has 0 saturated carbocycles. The van der Waals surface area contributed by atoms with Gasteiger partial charge in [-0.15, -0.1) is 11.3 Å². The average molecular weight is 197 g/mol. The van der Waals surface area contributed by atoms with Crippen LogP contribution in [0.1, 0.15) is 29.8 Å². The lowest BCUT2D eigenvalue weighted by Gasteiger charge is -2.07. The number of hydrogen-bond acceptors (Lipinski definition) is 4. The summed E-state index contributed by atoms with van der Waals surface area (Å²) >= 11 is 1.63. The van der Waals surface area contributed by atoms with Gasteiger partial charge in [-0.25, -0.2) is 4.98 Å². The van der Waals surface area contributed by atoms with Gasteiger partial charge in [0.1, 0.15) is 5.92 Å².